The molecule has 0 saturated heterocycles. The Morgan fingerprint density at radius 1 is 1.41 bits per heavy atom. The van der Waals surface area contributed by atoms with Crippen molar-refractivity contribution >= 4 is 17.3 Å². The summed E-state index contributed by atoms with van der Waals surface area (Å²) in [5, 5.41) is 0. The van der Waals surface area contributed by atoms with E-state index in [9.17, 15) is 0 Å². The average Bonchev–Trinajstić information content (AvgIpc) is 2.30. The van der Waals surface area contributed by atoms with Crippen molar-refractivity contribution in [2.24, 2.45) is 0 Å². The zero-order valence-electron chi connectivity index (χ0n) is 11.2. The van der Waals surface area contributed by atoms with Crippen molar-refractivity contribution in [3.63, 3.8) is 0 Å². The number of likely N-dealkylation sites (N-methyl/N-ethyl adjacent to an activating group) is 1. The number of hydrogen-bond acceptors (Lipinski definition) is 2. The number of nitrogens with zero attached hydrogens (tertiary/aromatic N) is 1. The number of anilines is 1. The van der Waals surface area contributed by atoms with E-state index < -0.39 is 0 Å². The van der Waals surface area contributed by atoms with Crippen LogP contribution in [0.25, 0.3) is 0 Å². The van der Waals surface area contributed by atoms with Crippen LogP contribution in [0.2, 0.25) is 0 Å². The normalized spacial score (nSPS) is 12.5. The molecule has 1 rings (SSSR count). The maximum atomic E-state index is 5.88. The van der Waals surface area contributed by atoms with Crippen LogP contribution in [0.5, 0.6) is 0 Å². The van der Waals surface area contributed by atoms with Crippen LogP contribution in [0.1, 0.15) is 25.0 Å². The Morgan fingerprint density at radius 2 is 2.12 bits per heavy atom. The number of alkyl halides is 1. The van der Waals surface area contributed by atoms with Crippen LogP contribution >= 0.6 is 11.6 Å². The Hall–Kier alpha value is -0.730. The van der Waals surface area contributed by atoms with E-state index in [0.717, 1.165) is 13.2 Å². The second-order valence-corrected chi connectivity index (χ2v) is 4.60. The molecule has 1 aromatic rings. The Bertz CT molecular complexity index is 354. The van der Waals surface area contributed by atoms with E-state index in [-0.39, 0.29) is 0 Å². The minimum atomic E-state index is 0.381. The molecule has 0 radical (unpaired) electrons. The zero-order valence-corrected chi connectivity index (χ0v) is 11.9. The third-order valence-electron chi connectivity index (χ3n) is 3.08. The predicted octanol–water partition coefficient (Wildman–Crippen LogP) is 3.60. The summed E-state index contributed by atoms with van der Waals surface area (Å²) < 4.78 is 5.22. The topological polar surface area (TPSA) is 12.5 Å². The van der Waals surface area contributed by atoms with Gasteiger partial charge in [0.2, 0.25) is 0 Å². The van der Waals surface area contributed by atoms with Crippen molar-refractivity contribution in [2.75, 3.05) is 25.2 Å². The zero-order chi connectivity index (χ0) is 12.8. The summed E-state index contributed by atoms with van der Waals surface area (Å²) in [6.45, 7) is 8.17. The maximum absolute atomic E-state index is 5.88. The first-order valence-electron chi connectivity index (χ1n) is 6.05. The number of benzene rings is 1. The van der Waals surface area contributed by atoms with E-state index in [1.807, 2.05) is 0 Å². The molecule has 0 fully saturated rings. The van der Waals surface area contributed by atoms with Crippen molar-refractivity contribution in [3.05, 3.63) is 29.3 Å². The van der Waals surface area contributed by atoms with Gasteiger partial charge >= 0.3 is 0 Å². The van der Waals surface area contributed by atoms with Crippen molar-refractivity contribution in [2.45, 2.75) is 32.7 Å². The van der Waals surface area contributed by atoms with Gasteiger partial charge in [0.25, 0.3) is 0 Å². The van der Waals surface area contributed by atoms with E-state index in [1.165, 1.54) is 16.8 Å². The minimum absolute atomic E-state index is 0.381. The minimum Gasteiger partial charge on any atom is -0.383 e. The van der Waals surface area contributed by atoms with Gasteiger partial charge in [-0.15, -0.1) is 11.6 Å². The first-order valence-corrected chi connectivity index (χ1v) is 6.58. The van der Waals surface area contributed by atoms with Crippen LogP contribution in [-0.2, 0) is 10.6 Å². The molecule has 0 aliphatic rings. The predicted molar refractivity (Wildman–Crippen MR) is 75.1 cm³/mol. The fraction of sp³-hybridized carbons (Fsp3) is 0.571. The molecule has 17 heavy (non-hydrogen) atoms. The number of methoxy groups -OCH3 is 1. The Morgan fingerprint density at radius 3 is 2.59 bits per heavy atom. The van der Waals surface area contributed by atoms with Gasteiger partial charge in [0.15, 0.2) is 0 Å². The molecule has 0 spiro atoms. The second kappa shape index (κ2) is 6.87. The first kappa shape index (κ1) is 14.3. The molecule has 0 N–H and O–H groups in total. The summed E-state index contributed by atoms with van der Waals surface area (Å²) >= 11 is 5.88. The highest BCUT2D eigenvalue weighted by molar-refractivity contribution is 6.17. The number of halogens is 1. The fourth-order valence-electron chi connectivity index (χ4n) is 2.09. The molecule has 0 heterocycles. The summed E-state index contributed by atoms with van der Waals surface area (Å²) in [4.78, 5) is 2.34. The molecule has 0 aromatic heterocycles. The lowest BCUT2D eigenvalue weighted by Gasteiger charge is -2.30. The van der Waals surface area contributed by atoms with Gasteiger partial charge in [0.05, 0.1) is 6.61 Å². The molecular formula is C14H22ClNO. The largest absolute Gasteiger partial charge is 0.383 e. The standard InChI is InChI=1S/C14H22ClNO/c1-5-16(12(3)10-17-4)14-7-6-13(9-15)11(2)8-14/h6-8,12H,5,9-10H2,1-4H3. The molecule has 0 bridgehead atoms. The molecule has 2 nitrogen and oxygen atoms in total. The van der Waals surface area contributed by atoms with Gasteiger partial charge < -0.3 is 9.64 Å². The summed E-state index contributed by atoms with van der Waals surface area (Å²) in [7, 11) is 1.74. The fourth-order valence-corrected chi connectivity index (χ4v) is 2.39. The van der Waals surface area contributed by atoms with Crippen LogP contribution in [-0.4, -0.2) is 26.3 Å². The Kier molecular flexibility index (Phi) is 5.79. The summed E-state index contributed by atoms with van der Waals surface area (Å²) in [5.41, 5.74) is 3.69. The van der Waals surface area contributed by atoms with E-state index in [0.29, 0.717) is 11.9 Å². The lowest BCUT2D eigenvalue weighted by atomic mass is 10.1. The molecule has 0 aliphatic heterocycles. The Labute approximate surface area is 110 Å². The second-order valence-electron chi connectivity index (χ2n) is 4.33. The van der Waals surface area contributed by atoms with Crippen LogP contribution < -0.4 is 4.90 Å². The first-order chi connectivity index (χ1) is 8.13. The van der Waals surface area contributed by atoms with Crippen molar-refractivity contribution < 1.29 is 4.74 Å². The van der Waals surface area contributed by atoms with Crippen LogP contribution in [0.4, 0.5) is 5.69 Å². The highest BCUT2D eigenvalue weighted by Crippen LogP contribution is 2.22. The van der Waals surface area contributed by atoms with Gasteiger partial charge in [-0.1, -0.05) is 6.07 Å². The van der Waals surface area contributed by atoms with Crippen molar-refractivity contribution in [1.82, 2.24) is 0 Å². The summed E-state index contributed by atoms with van der Waals surface area (Å²) in [5.74, 6) is 0.575. The van der Waals surface area contributed by atoms with Gasteiger partial charge in [0.1, 0.15) is 0 Å². The smallest absolute Gasteiger partial charge is 0.0663 e. The molecule has 0 amide bonds. The van der Waals surface area contributed by atoms with E-state index in [4.69, 9.17) is 16.3 Å². The quantitative estimate of drug-likeness (QED) is 0.721. The number of rotatable bonds is 6. The number of aryl methyl sites for hydroxylation is 1. The molecule has 3 heteroatoms. The van der Waals surface area contributed by atoms with Gasteiger partial charge in [-0.25, -0.2) is 0 Å². The maximum Gasteiger partial charge on any atom is 0.0663 e. The van der Waals surface area contributed by atoms with Crippen LogP contribution in [0.3, 0.4) is 0 Å². The average molecular weight is 256 g/mol. The molecule has 1 unspecified atom stereocenters. The third kappa shape index (κ3) is 3.62. The highest BCUT2D eigenvalue weighted by Gasteiger charge is 2.13. The van der Waals surface area contributed by atoms with Crippen molar-refractivity contribution in [3.8, 4) is 0 Å². The molecule has 1 atom stereocenters. The van der Waals surface area contributed by atoms with E-state index in [2.05, 4.69) is 43.9 Å². The summed E-state index contributed by atoms with van der Waals surface area (Å²) in [6.07, 6.45) is 0. The van der Waals surface area contributed by atoms with Gasteiger partial charge in [0, 0.05) is 31.3 Å². The lowest BCUT2D eigenvalue weighted by Crippen LogP contribution is -2.36. The molecule has 96 valence electrons. The molecule has 1 aromatic carbocycles. The Balaban J connectivity index is 2.92. The van der Waals surface area contributed by atoms with Crippen molar-refractivity contribution in [1.29, 1.82) is 0 Å². The summed E-state index contributed by atoms with van der Waals surface area (Å²) in [6, 6.07) is 6.83. The number of ether oxygens (including phenoxy) is 1. The van der Waals surface area contributed by atoms with Gasteiger partial charge in [-0.2, -0.15) is 0 Å². The van der Waals surface area contributed by atoms with Crippen LogP contribution in [0.15, 0.2) is 18.2 Å². The highest BCUT2D eigenvalue weighted by atomic mass is 35.5. The lowest BCUT2D eigenvalue weighted by molar-refractivity contribution is 0.182. The SMILES string of the molecule is CCN(c1ccc(CCl)c(C)c1)C(C)COC. The van der Waals surface area contributed by atoms with Crippen LogP contribution in [0, 0.1) is 6.92 Å². The monoisotopic (exact) mass is 255 g/mol. The van der Waals surface area contributed by atoms with Gasteiger partial charge in [-0.3, -0.25) is 0 Å². The number of hydrogen-bond donors (Lipinski definition) is 0. The molecular weight excluding hydrogens is 234 g/mol. The third-order valence-corrected chi connectivity index (χ3v) is 3.37. The molecule has 0 aliphatic carbocycles. The van der Waals surface area contributed by atoms with E-state index >= 15 is 0 Å². The van der Waals surface area contributed by atoms with E-state index in [1.54, 1.807) is 7.11 Å². The molecule has 0 saturated carbocycles. The van der Waals surface area contributed by atoms with Gasteiger partial charge in [-0.05, 0) is 44.0 Å².